The number of hydrogen-bond donors (Lipinski definition) is 1. The predicted molar refractivity (Wildman–Crippen MR) is 56.9 cm³/mol. The summed E-state index contributed by atoms with van der Waals surface area (Å²) in [5.41, 5.74) is 0.464. The van der Waals surface area contributed by atoms with Crippen LogP contribution in [0.4, 0.5) is 5.69 Å². The number of carbonyl (C=O) groups excluding carboxylic acids is 1. The maximum absolute atomic E-state index is 11.1. The summed E-state index contributed by atoms with van der Waals surface area (Å²) in [6.07, 6.45) is 0. The van der Waals surface area contributed by atoms with E-state index in [0.717, 1.165) is 0 Å². The maximum Gasteiger partial charge on any atom is 0.239 e. The summed E-state index contributed by atoms with van der Waals surface area (Å²) in [5.74, 6) is 0.690. The number of ether oxygens (including phenoxy) is 2. The van der Waals surface area contributed by atoms with E-state index in [1.807, 2.05) is 0 Å². The Labute approximate surface area is 96.1 Å². The molecule has 80 valence electrons. The Morgan fingerprint density at radius 2 is 2.07 bits per heavy atom. The van der Waals surface area contributed by atoms with E-state index in [2.05, 4.69) is 5.32 Å². The van der Waals surface area contributed by atoms with E-state index in [0.29, 0.717) is 22.2 Å². The van der Waals surface area contributed by atoms with Gasteiger partial charge >= 0.3 is 0 Å². The van der Waals surface area contributed by atoms with Crippen molar-refractivity contribution in [1.82, 2.24) is 0 Å². The van der Waals surface area contributed by atoms with Crippen LogP contribution in [0.2, 0.25) is 5.02 Å². The third kappa shape index (κ3) is 2.11. The highest BCUT2D eigenvalue weighted by atomic mass is 35.5. The summed E-state index contributed by atoms with van der Waals surface area (Å²) in [6, 6.07) is 3.20. The van der Waals surface area contributed by atoms with Crippen LogP contribution in [0.25, 0.3) is 0 Å². The Morgan fingerprint density at radius 3 is 2.73 bits per heavy atom. The number of carbonyl (C=O) groups is 1. The van der Waals surface area contributed by atoms with Crippen LogP contribution in [0.1, 0.15) is 0 Å². The summed E-state index contributed by atoms with van der Waals surface area (Å²) in [6.45, 7) is 0.165. The van der Waals surface area contributed by atoms with Gasteiger partial charge in [0.05, 0.1) is 10.7 Å². The van der Waals surface area contributed by atoms with E-state index in [9.17, 15) is 4.79 Å². The van der Waals surface area contributed by atoms with Crippen LogP contribution in [0.3, 0.4) is 0 Å². The lowest BCUT2D eigenvalue weighted by Crippen LogP contribution is -2.12. The normalized spacial score (nSPS) is 12.7. The molecule has 0 aromatic heterocycles. The molecule has 0 unspecified atom stereocenters. The van der Waals surface area contributed by atoms with Gasteiger partial charge in [0.15, 0.2) is 11.5 Å². The molecule has 1 N–H and O–H groups in total. The molecule has 0 fully saturated rings. The van der Waals surface area contributed by atoms with E-state index < -0.39 is 0 Å². The Morgan fingerprint density at radius 1 is 1.40 bits per heavy atom. The number of amides is 1. The second-order valence-corrected chi connectivity index (χ2v) is 3.54. The molecule has 2 rings (SSSR count). The van der Waals surface area contributed by atoms with Crippen molar-refractivity contribution in [2.75, 3.05) is 18.0 Å². The molecule has 0 bridgehead atoms. The summed E-state index contributed by atoms with van der Waals surface area (Å²) in [7, 11) is 0. The SMILES string of the molecule is O=C(CCl)Nc1cc2c(cc1Cl)OCO2. The van der Waals surface area contributed by atoms with Crippen LogP contribution < -0.4 is 14.8 Å². The number of hydrogen-bond acceptors (Lipinski definition) is 3. The van der Waals surface area contributed by atoms with Gasteiger partial charge in [0, 0.05) is 12.1 Å². The quantitative estimate of drug-likeness (QED) is 0.816. The van der Waals surface area contributed by atoms with Crippen LogP contribution >= 0.6 is 23.2 Å². The molecule has 0 spiro atoms. The molecule has 1 aliphatic rings. The zero-order valence-electron chi connectivity index (χ0n) is 7.55. The lowest BCUT2D eigenvalue weighted by molar-refractivity contribution is -0.113. The largest absolute Gasteiger partial charge is 0.454 e. The zero-order valence-corrected chi connectivity index (χ0v) is 9.06. The van der Waals surface area contributed by atoms with E-state index in [4.69, 9.17) is 32.7 Å². The monoisotopic (exact) mass is 247 g/mol. The highest BCUT2D eigenvalue weighted by Crippen LogP contribution is 2.39. The number of rotatable bonds is 2. The molecule has 1 aliphatic heterocycles. The molecule has 1 amide bonds. The van der Waals surface area contributed by atoms with Crippen LogP contribution in [-0.4, -0.2) is 18.6 Å². The minimum atomic E-state index is -0.322. The average Bonchev–Trinajstić information content (AvgIpc) is 2.65. The van der Waals surface area contributed by atoms with Crippen molar-refractivity contribution in [3.63, 3.8) is 0 Å². The molecule has 6 heteroatoms. The second-order valence-electron chi connectivity index (χ2n) is 2.87. The minimum absolute atomic E-state index is 0.120. The first-order chi connectivity index (χ1) is 7.20. The van der Waals surface area contributed by atoms with Gasteiger partial charge in [0.2, 0.25) is 12.7 Å². The fourth-order valence-electron chi connectivity index (χ4n) is 1.20. The average molecular weight is 248 g/mol. The Balaban J connectivity index is 2.28. The number of alkyl halides is 1. The molecule has 0 saturated heterocycles. The zero-order chi connectivity index (χ0) is 10.8. The van der Waals surface area contributed by atoms with Gasteiger partial charge in [-0.05, 0) is 0 Å². The first kappa shape index (κ1) is 10.4. The molecule has 1 heterocycles. The summed E-state index contributed by atoms with van der Waals surface area (Å²) < 4.78 is 10.3. The highest BCUT2D eigenvalue weighted by molar-refractivity contribution is 6.35. The highest BCUT2D eigenvalue weighted by Gasteiger charge is 2.17. The van der Waals surface area contributed by atoms with Crippen molar-refractivity contribution in [3.05, 3.63) is 17.2 Å². The number of anilines is 1. The fourth-order valence-corrected chi connectivity index (χ4v) is 1.46. The van der Waals surface area contributed by atoms with E-state index in [1.165, 1.54) is 0 Å². The molecule has 15 heavy (non-hydrogen) atoms. The summed E-state index contributed by atoms with van der Waals surface area (Å²) in [4.78, 5) is 11.1. The van der Waals surface area contributed by atoms with Gasteiger partial charge in [-0.3, -0.25) is 4.79 Å². The van der Waals surface area contributed by atoms with Gasteiger partial charge in [-0.1, -0.05) is 11.6 Å². The molecule has 0 radical (unpaired) electrons. The van der Waals surface area contributed by atoms with Crippen LogP contribution in [0, 0.1) is 0 Å². The number of benzene rings is 1. The van der Waals surface area contributed by atoms with Crippen molar-refractivity contribution in [2.45, 2.75) is 0 Å². The second kappa shape index (κ2) is 4.16. The summed E-state index contributed by atoms with van der Waals surface area (Å²) in [5, 5.41) is 2.94. The lowest BCUT2D eigenvalue weighted by Gasteiger charge is -2.06. The van der Waals surface area contributed by atoms with Crippen LogP contribution in [-0.2, 0) is 4.79 Å². The Hall–Kier alpha value is -1.13. The third-order valence-corrected chi connectivity index (χ3v) is 2.41. The standard InChI is InChI=1S/C9H7Cl2NO3/c10-3-9(13)12-6-2-8-7(1-5(6)11)14-4-15-8/h1-2H,3-4H2,(H,12,13). The maximum atomic E-state index is 11.1. The first-order valence-corrected chi connectivity index (χ1v) is 5.07. The molecule has 0 atom stereocenters. The van der Waals surface area contributed by atoms with Gasteiger partial charge in [0.1, 0.15) is 5.88 Å². The van der Waals surface area contributed by atoms with Crippen molar-refractivity contribution in [1.29, 1.82) is 0 Å². The van der Waals surface area contributed by atoms with Crippen molar-refractivity contribution >= 4 is 34.8 Å². The van der Waals surface area contributed by atoms with Gasteiger partial charge in [0.25, 0.3) is 0 Å². The molecule has 0 aliphatic carbocycles. The molecule has 1 aromatic carbocycles. The lowest BCUT2D eigenvalue weighted by atomic mass is 10.2. The van der Waals surface area contributed by atoms with Crippen molar-refractivity contribution in [3.8, 4) is 11.5 Å². The molecular weight excluding hydrogens is 241 g/mol. The molecule has 1 aromatic rings. The molecular formula is C9H7Cl2NO3. The molecule has 0 saturated carbocycles. The van der Waals surface area contributed by atoms with Gasteiger partial charge in [-0.25, -0.2) is 0 Å². The minimum Gasteiger partial charge on any atom is -0.454 e. The fraction of sp³-hybridized carbons (Fsp3) is 0.222. The Kier molecular flexibility index (Phi) is 2.88. The smallest absolute Gasteiger partial charge is 0.239 e. The number of nitrogens with one attached hydrogen (secondary N) is 1. The first-order valence-electron chi connectivity index (χ1n) is 4.15. The van der Waals surface area contributed by atoms with E-state index in [-0.39, 0.29) is 18.6 Å². The molecule has 4 nitrogen and oxygen atoms in total. The van der Waals surface area contributed by atoms with E-state index in [1.54, 1.807) is 12.1 Å². The third-order valence-electron chi connectivity index (χ3n) is 1.86. The topological polar surface area (TPSA) is 47.6 Å². The number of halogens is 2. The predicted octanol–water partition coefficient (Wildman–Crippen LogP) is 2.25. The van der Waals surface area contributed by atoms with Gasteiger partial charge in [-0.15, -0.1) is 11.6 Å². The van der Waals surface area contributed by atoms with Crippen molar-refractivity contribution in [2.24, 2.45) is 0 Å². The van der Waals surface area contributed by atoms with Crippen molar-refractivity contribution < 1.29 is 14.3 Å². The van der Waals surface area contributed by atoms with Crippen LogP contribution in [0.15, 0.2) is 12.1 Å². The van der Waals surface area contributed by atoms with Crippen LogP contribution in [0.5, 0.6) is 11.5 Å². The summed E-state index contributed by atoms with van der Waals surface area (Å²) >= 11 is 11.3. The van der Waals surface area contributed by atoms with E-state index >= 15 is 0 Å². The Bertz CT molecular complexity index is 409. The number of fused-ring (bicyclic) bond motifs is 1. The van der Waals surface area contributed by atoms with Gasteiger partial charge < -0.3 is 14.8 Å². The van der Waals surface area contributed by atoms with Gasteiger partial charge in [-0.2, -0.15) is 0 Å².